The van der Waals surface area contributed by atoms with E-state index < -0.39 is 9.84 Å². The molecule has 0 N–H and O–H groups in total. The van der Waals surface area contributed by atoms with Gasteiger partial charge in [-0.2, -0.15) is 0 Å². The average Bonchev–Trinajstić information content (AvgIpc) is 3.17. The lowest BCUT2D eigenvalue weighted by Crippen LogP contribution is -2.52. The van der Waals surface area contributed by atoms with E-state index in [-0.39, 0.29) is 23.5 Å². The van der Waals surface area contributed by atoms with E-state index in [0.717, 1.165) is 30.0 Å². The van der Waals surface area contributed by atoms with E-state index in [2.05, 4.69) is 9.88 Å². The first-order chi connectivity index (χ1) is 15.0. The van der Waals surface area contributed by atoms with Crippen molar-refractivity contribution in [3.63, 3.8) is 0 Å². The fraction of sp³-hybridized carbons (Fsp3) is 0.391. The molecule has 2 aliphatic heterocycles. The Hall–Kier alpha value is -2.71. The number of amides is 1. The Morgan fingerprint density at radius 2 is 1.90 bits per heavy atom. The Bertz CT molecular complexity index is 1010. The van der Waals surface area contributed by atoms with Crippen LogP contribution in [-0.2, 0) is 21.2 Å². The second kappa shape index (κ2) is 9.62. The van der Waals surface area contributed by atoms with Gasteiger partial charge in [0, 0.05) is 56.3 Å². The van der Waals surface area contributed by atoms with Gasteiger partial charge in [-0.05, 0) is 36.3 Å². The molecule has 0 spiro atoms. The number of nitrogens with zero attached hydrogens (tertiary/aromatic N) is 3. The number of rotatable bonds is 6. The molecule has 2 fully saturated rings. The number of pyridine rings is 1. The number of hydrogen-bond acceptors (Lipinski definition) is 6. The van der Waals surface area contributed by atoms with Gasteiger partial charge >= 0.3 is 0 Å². The number of hydrogen-bond donors (Lipinski definition) is 0. The summed E-state index contributed by atoms with van der Waals surface area (Å²) in [6.07, 6.45) is 7.62. The van der Waals surface area contributed by atoms with Crippen molar-refractivity contribution < 1.29 is 17.9 Å². The molecular formula is C23H27N3O4S. The third-order valence-electron chi connectivity index (χ3n) is 5.78. The highest BCUT2D eigenvalue weighted by atomic mass is 32.2. The van der Waals surface area contributed by atoms with Crippen LogP contribution in [0.3, 0.4) is 0 Å². The summed E-state index contributed by atoms with van der Waals surface area (Å²) in [5.74, 6) is 1.28. The number of ether oxygens (including phenoxy) is 1. The summed E-state index contributed by atoms with van der Waals surface area (Å²) in [7, 11) is -2.88. The molecule has 164 valence electrons. The molecule has 7 nitrogen and oxygen atoms in total. The van der Waals surface area contributed by atoms with Gasteiger partial charge in [-0.1, -0.05) is 18.2 Å². The molecule has 0 saturated carbocycles. The zero-order valence-corrected chi connectivity index (χ0v) is 18.2. The first-order valence-electron chi connectivity index (χ1n) is 10.5. The van der Waals surface area contributed by atoms with Crippen molar-refractivity contribution in [3.05, 3.63) is 66.0 Å². The third-order valence-corrected chi connectivity index (χ3v) is 7.53. The second-order valence-corrected chi connectivity index (χ2v) is 10.2. The average molecular weight is 442 g/mol. The monoisotopic (exact) mass is 441 g/mol. The lowest BCUT2D eigenvalue weighted by Gasteiger charge is -2.37. The van der Waals surface area contributed by atoms with Crippen molar-refractivity contribution in [1.29, 1.82) is 0 Å². The minimum Gasteiger partial charge on any atom is -0.489 e. The summed E-state index contributed by atoms with van der Waals surface area (Å²) in [6, 6.07) is 11.6. The minimum atomic E-state index is -2.88. The highest BCUT2D eigenvalue weighted by Crippen LogP contribution is 2.19. The number of piperazine rings is 1. The molecule has 0 radical (unpaired) electrons. The minimum absolute atomic E-state index is 0.0180. The van der Waals surface area contributed by atoms with E-state index in [1.807, 2.05) is 47.4 Å². The normalized spacial score (nSPS) is 21.4. The Labute approximate surface area is 183 Å². The standard InChI is InChI=1S/C23H27N3O4S/c27-23(26-13-11-25(12-14-26)21-9-15-31(28,29)18-21)8-5-19-3-6-22(7-4-19)30-17-20-2-1-10-24-16-20/h1-8,10,16,21H,9,11-15,17-18H2/b8-5+. The van der Waals surface area contributed by atoms with Gasteiger partial charge in [0.15, 0.2) is 9.84 Å². The van der Waals surface area contributed by atoms with Crippen molar-refractivity contribution in [1.82, 2.24) is 14.8 Å². The summed E-state index contributed by atoms with van der Waals surface area (Å²) >= 11 is 0. The largest absolute Gasteiger partial charge is 0.489 e. The number of aromatic nitrogens is 1. The predicted octanol–water partition coefficient (Wildman–Crippen LogP) is 2.01. The number of sulfone groups is 1. The van der Waals surface area contributed by atoms with E-state index in [0.29, 0.717) is 26.1 Å². The first-order valence-corrected chi connectivity index (χ1v) is 12.3. The van der Waals surface area contributed by atoms with Crippen molar-refractivity contribution in [2.45, 2.75) is 19.1 Å². The summed E-state index contributed by atoms with van der Waals surface area (Å²) in [4.78, 5) is 20.6. The Kier molecular flexibility index (Phi) is 6.67. The second-order valence-electron chi connectivity index (χ2n) is 7.97. The SMILES string of the molecule is O=C(/C=C/c1ccc(OCc2cccnc2)cc1)N1CCN(C2CCS(=O)(=O)C2)CC1. The fourth-order valence-electron chi connectivity index (χ4n) is 3.97. The zero-order chi connectivity index (χ0) is 21.7. The molecule has 31 heavy (non-hydrogen) atoms. The molecular weight excluding hydrogens is 414 g/mol. The highest BCUT2D eigenvalue weighted by molar-refractivity contribution is 7.91. The maximum absolute atomic E-state index is 12.5. The molecule has 1 atom stereocenters. The molecule has 1 unspecified atom stereocenters. The quantitative estimate of drug-likeness (QED) is 0.638. The maximum atomic E-state index is 12.5. The molecule has 0 aliphatic carbocycles. The zero-order valence-electron chi connectivity index (χ0n) is 17.4. The third kappa shape index (κ3) is 5.92. The van der Waals surface area contributed by atoms with Crippen LogP contribution in [0.2, 0.25) is 0 Å². The molecule has 2 aromatic rings. The molecule has 2 saturated heterocycles. The Balaban J connectivity index is 1.24. The molecule has 0 bridgehead atoms. The van der Waals surface area contributed by atoms with Crippen LogP contribution in [0.5, 0.6) is 5.75 Å². The van der Waals surface area contributed by atoms with Crippen LogP contribution >= 0.6 is 0 Å². The van der Waals surface area contributed by atoms with Crippen molar-refractivity contribution in [3.8, 4) is 5.75 Å². The summed E-state index contributed by atoms with van der Waals surface area (Å²) in [5.41, 5.74) is 1.93. The summed E-state index contributed by atoms with van der Waals surface area (Å²) < 4.78 is 29.1. The van der Waals surface area contributed by atoms with Crippen LogP contribution in [0.4, 0.5) is 0 Å². The molecule has 8 heteroatoms. The van der Waals surface area contributed by atoms with Crippen LogP contribution in [0.25, 0.3) is 6.08 Å². The van der Waals surface area contributed by atoms with Crippen molar-refractivity contribution in [2.75, 3.05) is 37.7 Å². The number of carbonyl (C=O) groups is 1. The van der Waals surface area contributed by atoms with Crippen LogP contribution in [0, 0.1) is 0 Å². The highest BCUT2D eigenvalue weighted by Gasteiger charge is 2.34. The lowest BCUT2D eigenvalue weighted by atomic mass is 10.1. The van der Waals surface area contributed by atoms with E-state index in [1.165, 1.54) is 0 Å². The topological polar surface area (TPSA) is 79.8 Å². The van der Waals surface area contributed by atoms with E-state index >= 15 is 0 Å². The van der Waals surface area contributed by atoms with Gasteiger partial charge < -0.3 is 9.64 Å². The van der Waals surface area contributed by atoms with Gasteiger partial charge in [-0.3, -0.25) is 14.7 Å². The number of benzene rings is 1. The van der Waals surface area contributed by atoms with Crippen LogP contribution in [0.1, 0.15) is 17.5 Å². The van der Waals surface area contributed by atoms with Crippen molar-refractivity contribution >= 4 is 21.8 Å². The summed E-state index contributed by atoms with van der Waals surface area (Å²) in [5, 5.41) is 0. The molecule has 1 amide bonds. The Morgan fingerprint density at radius 1 is 1.13 bits per heavy atom. The molecule has 1 aromatic carbocycles. The fourth-order valence-corrected chi connectivity index (χ4v) is 5.73. The van der Waals surface area contributed by atoms with Gasteiger partial charge in [0.2, 0.25) is 5.91 Å². The molecule has 1 aromatic heterocycles. The van der Waals surface area contributed by atoms with Crippen LogP contribution in [0.15, 0.2) is 54.9 Å². The van der Waals surface area contributed by atoms with Crippen LogP contribution < -0.4 is 4.74 Å². The molecule has 3 heterocycles. The van der Waals surface area contributed by atoms with E-state index in [1.54, 1.807) is 18.5 Å². The van der Waals surface area contributed by atoms with Crippen LogP contribution in [-0.4, -0.2) is 72.8 Å². The van der Waals surface area contributed by atoms with Gasteiger partial charge in [0.05, 0.1) is 11.5 Å². The Morgan fingerprint density at radius 3 is 2.55 bits per heavy atom. The first kappa shape index (κ1) is 21.5. The van der Waals surface area contributed by atoms with Gasteiger partial charge in [-0.15, -0.1) is 0 Å². The predicted molar refractivity (Wildman–Crippen MR) is 119 cm³/mol. The van der Waals surface area contributed by atoms with Gasteiger partial charge in [0.1, 0.15) is 12.4 Å². The molecule has 2 aliphatic rings. The molecule has 4 rings (SSSR count). The number of carbonyl (C=O) groups excluding carboxylic acids is 1. The van der Waals surface area contributed by atoms with Gasteiger partial charge in [-0.25, -0.2) is 8.42 Å². The van der Waals surface area contributed by atoms with E-state index in [9.17, 15) is 13.2 Å². The van der Waals surface area contributed by atoms with E-state index in [4.69, 9.17) is 4.74 Å². The summed E-state index contributed by atoms with van der Waals surface area (Å²) in [6.45, 7) is 3.16. The van der Waals surface area contributed by atoms with Gasteiger partial charge in [0.25, 0.3) is 0 Å². The maximum Gasteiger partial charge on any atom is 0.246 e. The van der Waals surface area contributed by atoms with Crippen molar-refractivity contribution in [2.24, 2.45) is 0 Å². The lowest BCUT2D eigenvalue weighted by molar-refractivity contribution is -0.127. The smallest absolute Gasteiger partial charge is 0.246 e.